The van der Waals surface area contributed by atoms with E-state index in [9.17, 15) is 14.0 Å². The first-order chi connectivity index (χ1) is 12.5. The van der Waals surface area contributed by atoms with Gasteiger partial charge in [-0.3, -0.25) is 9.78 Å². The van der Waals surface area contributed by atoms with Gasteiger partial charge in [-0.15, -0.1) is 0 Å². The Balaban J connectivity index is 1.62. The number of anilines is 2. The van der Waals surface area contributed by atoms with Crippen molar-refractivity contribution in [1.82, 2.24) is 10.3 Å². The Morgan fingerprint density at radius 3 is 2.77 bits per heavy atom. The number of amides is 3. The molecule has 1 aromatic carbocycles. The summed E-state index contributed by atoms with van der Waals surface area (Å²) in [5, 5.41) is 7.88. The number of carbonyl (C=O) groups excluding carboxylic acids is 2. The molecule has 1 unspecified atom stereocenters. The monoisotopic (exact) mass is 358 g/mol. The smallest absolute Gasteiger partial charge is 0.323 e. The van der Waals surface area contributed by atoms with Crippen LogP contribution in [0.1, 0.15) is 18.5 Å². The first-order valence-corrected chi connectivity index (χ1v) is 8.22. The lowest BCUT2D eigenvalue weighted by molar-refractivity contribution is -0.123. The highest BCUT2D eigenvalue weighted by molar-refractivity contribution is 5.99. The van der Waals surface area contributed by atoms with Gasteiger partial charge in [-0.2, -0.15) is 0 Å². The van der Waals surface area contributed by atoms with Gasteiger partial charge in [-0.25, -0.2) is 9.18 Å². The molecule has 0 bridgehead atoms. The summed E-state index contributed by atoms with van der Waals surface area (Å²) >= 11 is 0. The second-order valence-corrected chi connectivity index (χ2v) is 6.03. The molecule has 3 amide bonds. The normalized spacial score (nSPS) is 16.5. The second-order valence-electron chi connectivity index (χ2n) is 6.03. The van der Waals surface area contributed by atoms with Gasteiger partial charge in [0.15, 0.2) is 0 Å². The maximum absolute atomic E-state index is 13.8. The van der Waals surface area contributed by atoms with E-state index < -0.39 is 11.8 Å². The first-order valence-electron chi connectivity index (χ1n) is 8.22. The maximum Gasteiger partial charge on any atom is 0.323 e. The number of nitrogens with one attached hydrogen (secondary N) is 3. The molecule has 0 aliphatic carbocycles. The van der Waals surface area contributed by atoms with Crippen LogP contribution in [0.15, 0.2) is 36.5 Å². The van der Waals surface area contributed by atoms with Gasteiger partial charge in [0.2, 0.25) is 5.91 Å². The van der Waals surface area contributed by atoms with Crippen molar-refractivity contribution in [2.24, 2.45) is 0 Å². The molecule has 1 atom stereocenters. The molecule has 7 nitrogen and oxygen atoms in total. The zero-order valence-electron chi connectivity index (χ0n) is 14.2. The van der Waals surface area contributed by atoms with E-state index in [1.54, 1.807) is 12.1 Å². The predicted octanol–water partition coefficient (Wildman–Crippen LogP) is 2.83. The molecular weight excluding hydrogens is 339 g/mol. The molecule has 1 fully saturated rings. The third-order valence-corrected chi connectivity index (χ3v) is 3.82. The van der Waals surface area contributed by atoms with Crippen LogP contribution in [0.5, 0.6) is 5.75 Å². The van der Waals surface area contributed by atoms with Gasteiger partial charge in [0.1, 0.15) is 17.7 Å². The number of piperidine rings is 1. The van der Waals surface area contributed by atoms with Crippen molar-refractivity contribution < 1.29 is 18.7 Å². The topological polar surface area (TPSA) is 92.4 Å². The largest absolute Gasteiger partial charge is 0.488 e. The minimum absolute atomic E-state index is 0.0197. The van der Waals surface area contributed by atoms with Crippen molar-refractivity contribution in [3.05, 3.63) is 48.0 Å². The first kappa shape index (κ1) is 17.7. The summed E-state index contributed by atoms with van der Waals surface area (Å²) in [6.45, 7) is 2.22. The number of aryl methyl sites for hydroxylation is 1. The molecular formula is C18H19FN4O3. The van der Waals surface area contributed by atoms with Gasteiger partial charge < -0.3 is 20.7 Å². The summed E-state index contributed by atoms with van der Waals surface area (Å²) in [5.41, 5.74) is 1.62. The van der Waals surface area contributed by atoms with Crippen LogP contribution < -0.4 is 20.7 Å². The molecule has 2 aromatic rings. The van der Waals surface area contributed by atoms with Crippen LogP contribution in [-0.2, 0) is 4.79 Å². The van der Waals surface area contributed by atoms with Crippen molar-refractivity contribution in [1.29, 1.82) is 0 Å². The van der Waals surface area contributed by atoms with E-state index in [2.05, 4.69) is 20.9 Å². The summed E-state index contributed by atoms with van der Waals surface area (Å²) in [6.07, 6.45) is 2.24. The van der Waals surface area contributed by atoms with Crippen molar-refractivity contribution in [2.75, 3.05) is 17.2 Å². The summed E-state index contributed by atoms with van der Waals surface area (Å²) < 4.78 is 19.5. The molecule has 3 N–H and O–H groups in total. The third kappa shape index (κ3) is 4.92. The van der Waals surface area contributed by atoms with Crippen LogP contribution in [0, 0.1) is 12.7 Å². The number of urea groups is 1. The fraction of sp³-hybridized carbons (Fsp3) is 0.278. The number of hydrogen-bond acceptors (Lipinski definition) is 4. The number of ether oxygens (including phenoxy) is 1. The quantitative estimate of drug-likeness (QED) is 0.784. The van der Waals surface area contributed by atoms with Crippen LogP contribution >= 0.6 is 0 Å². The van der Waals surface area contributed by atoms with Crippen molar-refractivity contribution in [2.45, 2.75) is 25.9 Å². The third-order valence-electron chi connectivity index (χ3n) is 3.82. The van der Waals surface area contributed by atoms with E-state index in [-0.39, 0.29) is 17.7 Å². The minimum atomic E-state index is -0.533. The fourth-order valence-corrected chi connectivity index (χ4v) is 2.54. The van der Waals surface area contributed by atoms with E-state index >= 15 is 0 Å². The van der Waals surface area contributed by atoms with E-state index in [4.69, 9.17) is 4.74 Å². The standard InChI is InChI=1S/C18H19FN4O3/c1-11-2-3-13(9-20-11)22-18(25)23-14-6-12(19)7-16(8-14)26-15-4-5-17(24)21-10-15/h2-3,6-9,15H,4-5,10H2,1H3,(H,21,24)(H2,22,23,25). The van der Waals surface area contributed by atoms with Crippen LogP contribution in [0.2, 0.25) is 0 Å². The van der Waals surface area contributed by atoms with Crippen molar-refractivity contribution in [3.63, 3.8) is 0 Å². The zero-order chi connectivity index (χ0) is 18.5. The lowest BCUT2D eigenvalue weighted by Crippen LogP contribution is -2.40. The number of pyridine rings is 1. The Morgan fingerprint density at radius 2 is 2.08 bits per heavy atom. The highest BCUT2D eigenvalue weighted by Crippen LogP contribution is 2.23. The fourth-order valence-electron chi connectivity index (χ4n) is 2.54. The SMILES string of the molecule is Cc1ccc(NC(=O)Nc2cc(F)cc(OC3CCC(=O)NC3)c2)cn1. The number of rotatable bonds is 4. The van der Waals surface area contributed by atoms with E-state index in [1.807, 2.05) is 6.92 Å². The number of nitrogens with zero attached hydrogens (tertiary/aromatic N) is 1. The highest BCUT2D eigenvalue weighted by atomic mass is 19.1. The minimum Gasteiger partial charge on any atom is -0.488 e. The maximum atomic E-state index is 13.8. The Labute approximate surface area is 150 Å². The highest BCUT2D eigenvalue weighted by Gasteiger charge is 2.19. The number of aromatic nitrogens is 1. The molecule has 136 valence electrons. The summed E-state index contributed by atoms with van der Waals surface area (Å²) in [4.78, 5) is 27.3. The molecule has 0 radical (unpaired) electrons. The summed E-state index contributed by atoms with van der Waals surface area (Å²) in [6, 6.07) is 6.95. The second kappa shape index (κ2) is 7.81. The van der Waals surface area contributed by atoms with Crippen molar-refractivity contribution >= 4 is 23.3 Å². The van der Waals surface area contributed by atoms with Crippen LogP contribution in [0.4, 0.5) is 20.6 Å². The van der Waals surface area contributed by atoms with Crippen molar-refractivity contribution in [3.8, 4) is 5.75 Å². The Hall–Kier alpha value is -3.16. The number of halogens is 1. The Morgan fingerprint density at radius 1 is 1.27 bits per heavy atom. The van der Waals surface area contributed by atoms with Gasteiger partial charge in [0, 0.05) is 29.9 Å². The Bertz CT molecular complexity index is 801. The average Bonchev–Trinajstić information content (AvgIpc) is 2.58. The van der Waals surface area contributed by atoms with E-state index in [0.717, 1.165) is 5.69 Å². The van der Waals surface area contributed by atoms with E-state index in [0.29, 0.717) is 30.8 Å². The van der Waals surface area contributed by atoms with Gasteiger partial charge in [0.25, 0.3) is 0 Å². The zero-order valence-corrected chi connectivity index (χ0v) is 14.2. The summed E-state index contributed by atoms with van der Waals surface area (Å²) in [5.74, 6) is -0.262. The molecule has 0 spiro atoms. The molecule has 2 heterocycles. The van der Waals surface area contributed by atoms with E-state index in [1.165, 1.54) is 24.4 Å². The molecule has 1 aliphatic heterocycles. The Kier molecular flexibility index (Phi) is 5.31. The molecule has 1 saturated heterocycles. The van der Waals surface area contributed by atoms with Crippen LogP contribution in [0.3, 0.4) is 0 Å². The molecule has 1 aromatic heterocycles. The lowest BCUT2D eigenvalue weighted by Gasteiger charge is -2.23. The predicted molar refractivity (Wildman–Crippen MR) is 94.7 cm³/mol. The van der Waals surface area contributed by atoms with Crippen LogP contribution in [0.25, 0.3) is 0 Å². The molecule has 26 heavy (non-hydrogen) atoms. The summed E-state index contributed by atoms with van der Waals surface area (Å²) in [7, 11) is 0. The number of hydrogen-bond donors (Lipinski definition) is 3. The lowest BCUT2D eigenvalue weighted by atomic mass is 10.1. The average molecular weight is 358 g/mol. The molecule has 8 heteroatoms. The molecule has 0 saturated carbocycles. The van der Waals surface area contributed by atoms with Gasteiger partial charge in [-0.05, 0) is 31.5 Å². The van der Waals surface area contributed by atoms with Crippen LogP contribution in [-0.4, -0.2) is 29.6 Å². The number of carbonyl (C=O) groups is 2. The van der Waals surface area contributed by atoms with Gasteiger partial charge in [0.05, 0.1) is 18.4 Å². The van der Waals surface area contributed by atoms with Gasteiger partial charge in [-0.1, -0.05) is 0 Å². The molecule has 1 aliphatic rings. The van der Waals surface area contributed by atoms with Gasteiger partial charge >= 0.3 is 6.03 Å². The number of benzene rings is 1. The molecule has 3 rings (SSSR count).